The second-order valence-corrected chi connectivity index (χ2v) is 6.42. The van der Waals surface area contributed by atoms with Crippen LogP contribution >= 0.6 is 39.3 Å². The maximum absolute atomic E-state index is 12.0. The van der Waals surface area contributed by atoms with Gasteiger partial charge in [0.1, 0.15) is 0 Å². The van der Waals surface area contributed by atoms with Crippen molar-refractivity contribution in [3.63, 3.8) is 0 Å². The normalized spacial score (nSPS) is 10.3. The Morgan fingerprint density at radius 3 is 2.65 bits per heavy atom. The van der Waals surface area contributed by atoms with E-state index in [1.165, 1.54) is 4.90 Å². The van der Waals surface area contributed by atoms with Crippen molar-refractivity contribution < 1.29 is 4.79 Å². The molecular weight excluding hydrogens is 358 g/mol. The first-order valence-electron chi connectivity index (χ1n) is 6.08. The van der Waals surface area contributed by atoms with Crippen LogP contribution in [0.3, 0.4) is 0 Å². The van der Waals surface area contributed by atoms with Gasteiger partial charge in [-0.1, -0.05) is 35.9 Å². The average Bonchev–Trinajstić information content (AvgIpc) is 2.47. The SMILES string of the molecule is O=C(NCCSc1ccccc1)c1cccc(Br)c1Cl. The van der Waals surface area contributed by atoms with Crippen molar-refractivity contribution >= 4 is 45.2 Å². The van der Waals surface area contributed by atoms with Crippen LogP contribution in [0, 0.1) is 0 Å². The lowest BCUT2D eigenvalue weighted by atomic mass is 10.2. The zero-order valence-corrected chi connectivity index (χ0v) is 13.8. The van der Waals surface area contributed by atoms with Gasteiger partial charge in [-0.15, -0.1) is 11.8 Å². The summed E-state index contributed by atoms with van der Waals surface area (Å²) < 4.78 is 0.727. The number of nitrogens with one attached hydrogen (secondary N) is 1. The molecule has 2 nitrogen and oxygen atoms in total. The van der Waals surface area contributed by atoms with Crippen LogP contribution in [0.15, 0.2) is 57.9 Å². The first-order chi connectivity index (χ1) is 9.68. The van der Waals surface area contributed by atoms with Gasteiger partial charge in [0.15, 0.2) is 0 Å². The summed E-state index contributed by atoms with van der Waals surface area (Å²) in [5.41, 5.74) is 0.491. The van der Waals surface area contributed by atoms with Crippen molar-refractivity contribution in [1.29, 1.82) is 0 Å². The van der Waals surface area contributed by atoms with Gasteiger partial charge in [-0.3, -0.25) is 4.79 Å². The Labute approximate surface area is 136 Å². The standard InChI is InChI=1S/C15H13BrClNOS/c16-13-8-4-7-12(14(13)17)15(19)18-9-10-20-11-5-2-1-3-6-11/h1-8H,9-10H2,(H,18,19). The van der Waals surface area contributed by atoms with E-state index in [-0.39, 0.29) is 5.91 Å². The van der Waals surface area contributed by atoms with Crippen molar-refractivity contribution in [3.05, 3.63) is 63.6 Å². The molecule has 0 heterocycles. The second-order valence-electron chi connectivity index (χ2n) is 4.02. The first-order valence-corrected chi connectivity index (χ1v) is 8.24. The molecule has 2 rings (SSSR count). The molecule has 5 heteroatoms. The van der Waals surface area contributed by atoms with E-state index in [0.29, 0.717) is 17.1 Å². The third-order valence-corrected chi connectivity index (χ3v) is 4.91. The molecule has 0 spiro atoms. The third-order valence-electron chi connectivity index (χ3n) is 2.60. The van der Waals surface area contributed by atoms with Crippen molar-refractivity contribution in [1.82, 2.24) is 5.32 Å². The highest BCUT2D eigenvalue weighted by molar-refractivity contribution is 9.10. The molecule has 0 aromatic heterocycles. The van der Waals surface area contributed by atoms with Crippen LogP contribution in [0.4, 0.5) is 0 Å². The quantitative estimate of drug-likeness (QED) is 0.614. The summed E-state index contributed by atoms with van der Waals surface area (Å²) in [6.45, 7) is 0.598. The van der Waals surface area contributed by atoms with Gasteiger partial charge in [0.2, 0.25) is 0 Å². The average molecular weight is 371 g/mol. The largest absolute Gasteiger partial charge is 0.351 e. The lowest BCUT2D eigenvalue weighted by Crippen LogP contribution is -2.26. The Morgan fingerprint density at radius 1 is 1.15 bits per heavy atom. The van der Waals surface area contributed by atoms with Crippen LogP contribution in [0.5, 0.6) is 0 Å². The number of thioether (sulfide) groups is 1. The maximum atomic E-state index is 12.0. The summed E-state index contributed by atoms with van der Waals surface area (Å²) in [6, 6.07) is 15.4. The summed E-state index contributed by atoms with van der Waals surface area (Å²) in [4.78, 5) is 13.2. The molecule has 0 bridgehead atoms. The highest BCUT2D eigenvalue weighted by Gasteiger charge is 2.11. The molecule has 0 atom stereocenters. The summed E-state index contributed by atoms with van der Waals surface area (Å²) in [5.74, 6) is 0.673. The molecule has 0 saturated heterocycles. The Bertz CT molecular complexity index is 592. The molecule has 2 aromatic rings. The van der Waals surface area contributed by atoms with Gasteiger partial charge >= 0.3 is 0 Å². The van der Waals surface area contributed by atoms with Crippen molar-refractivity contribution in [2.45, 2.75) is 4.90 Å². The van der Waals surface area contributed by atoms with Gasteiger partial charge in [-0.25, -0.2) is 0 Å². The zero-order valence-electron chi connectivity index (χ0n) is 10.6. The Morgan fingerprint density at radius 2 is 1.90 bits per heavy atom. The topological polar surface area (TPSA) is 29.1 Å². The number of hydrogen-bond acceptors (Lipinski definition) is 2. The van der Waals surface area contributed by atoms with E-state index in [9.17, 15) is 4.79 Å². The molecule has 104 valence electrons. The molecule has 0 aliphatic heterocycles. The van der Waals surface area contributed by atoms with E-state index in [4.69, 9.17) is 11.6 Å². The smallest absolute Gasteiger partial charge is 0.252 e. The number of halogens is 2. The Kier molecular flexibility index (Phi) is 5.95. The molecular formula is C15H13BrClNOS. The number of amides is 1. The van der Waals surface area contributed by atoms with Crippen molar-refractivity contribution in [2.75, 3.05) is 12.3 Å². The fraction of sp³-hybridized carbons (Fsp3) is 0.133. The molecule has 0 fully saturated rings. The lowest BCUT2D eigenvalue weighted by Gasteiger charge is -2.07. The highest BCUT2D eigenvalue weighted by Crippen LogP contribution is 2.25. The predicted octanol–water partition coefficient (Wildman–Crippen LogP) is 4.62. The van der Waals surface area contributed by atoms with Gasteiger partial charge < -0.3 is 5.32 Å². The number of carbonyl (C=O) groups is 1. The molecule has 0 aliphatic rings. The minimum Gasteiger partial charge on any atom is -0.351 e. The van der Waals surface area contributed by atoms with Gasteiger partial charge in [0.05, 0.1) is 10.6 Å². The highest BCUT2D eigenvalue weighted by atomic mass is 79.9. The molecule has 0 unspecified atom stereocenters. The minimum absolute atomic E-state index is 0.148. The number of carbonyl (C=O) groups excluding carboxylic acids is 1. The Balaban J connectivity index is 1.82. The monoisotopic (exact) mass is 369 g/mol. The van der Waals surface area contributed by atoms with E-state index >= 15 is 0 Å². The van der Waals surface area contributed by atoms with Gasteiger partial charge in [-0.05, 0) is 40.2 Å². The molecule has 1 amide bonds. The number of hydrogen-bond donors (Lipinski definition) is 1. The molecule has 0 radical (unpaired) electrons. The zero-order chi connectivity index (χ0) is 14.4. The first kappa shape index (κ1) is 15.4. The van der Waals surface area contributed by atoms with Gasteiger partial charge in [0, 0.05) is 21.7 Å². The van der Waals surface area contributed by atoms with Crippen LogP contribution in [0.2, 0.25) is 5.02 Å². The lowest BCUT2D eigenvalue weighted by molar-refractivity contribution is 0.0956. The van der Waals surface area contributed by atoms with Gasteiger partial charge in [0.25, 0.3) is 5.91 Å². The van der Waals surface area contributed by atoms with E-state index in [1.54, 1.807) is 23.9 Å². The molecule has 2 aromatic carbocycles. The number of benzene rings is 2. The third kappa shape index (κ3) is 4.27. The van der Waals surface area contributed by atoms with Crippen molar-refractivity contribution in [3.8, 4) is 0 Å². The van der Waals surface area contributed by atoms with Crippen LogP contribution < -0.4 is 5.32 Å². The van der Waals surface area contributed by atoms with Gasteiger partial charge in [-0.2, -0.15) is 0 Å². The molecule has 0 aliphatic carbocycles. The predicted molar refractivity (Wildman–Crippen MR) is 88.7 cm³/mol. The maximum Gasteiger partial charge on any atom is 0.252 e. The van der Waals surface area contributed by atoms with E-state index in [2.05, 4.69) is 33.4 Å². The molecule has 20 heavy (non-hydrogen) atoms. The Hall–Kier alpha value is -0.970. The summed E-state index contributed by atoms with van der Waals surface area (Å²) in [7, 11) is 0. The summed E-state index contributed by atoms with van der Waals surface area (Å²) in [5, 5.41) is 3.32. The summed E-state index contributed by atoms with van der Waals surface area (Å²) >= 11 is 11.1. The van der Waals surface area contributed by atoms with E-state index in [0.717, 1.165) is 10.2 Å². The molecule has 0 saturated carbocycles. The summed E-state index contributed by atoms with van der Waals surface area (Å²) in [6.07, 6.45) is 0. The fourth-order valence-corrected chi connectivity index (χ4v) is 2.99. The number of rotatable bonds is 5. The fourth-order valence-electron chi connectivity index (χ4n) is 1.62. The van der Waals surface area contributed by atoms with Crippen molar-refractivity contribution in [2.24, 2.45) is 0 Å². The van der Waals surface area contributed by atoms with E-state index in [1.807, 2.05) is 24.3 Å². The van der Waals surface area contributed by atoms with Crippen LogP contribution in [-0.2, 0) is 0 Å². The van der Waals surface area contributed by atoms with E-state index < -0.39 is 0 Å². The second kappa shape index (κ2) is 7.72. The van der Waals surface area contributed by atoms with Crippen LogP contribution in [0.1, 0.15) is 10.4 Å². The van der Waals surface area contributed by atoms with Crippen LogP contribution in [0.25, 0.3) is 0 Å². The minimum atomic E-state index is -0.148. The van der Waals surface area contributed by atoms with Crippen LogP contribution in [-0.4, -0.2) is 18.2 Å². The molecule has 1 N–H and O–H groups in total.